The maximum Gasteiger partial charge on any atom is 0.229 e. The molecule has 7 aliphatic rings. The van der Waals surface area contributed by atoms with Crippen LogP contribution in [0, 0.1) is 40.4 Å². The Morgan fingerprint density at radius 2 is 1.55 bits per heavy atom. The summed E-state index contributed by atoms with van der Waals surface area (Å²) in [4.78, 5) is 45.8. The van der Waals surface area contributed by atoms with Crippen LogP contribution in [0.15, 0.2) is 29.9 Å². The molecule has 3 saturated heterocycles. The number of nitrogens with zero attached hydrogens (tertiary/aromatic N) is 6. The van der Waals surface area contributed by atoms with Crippen molar-refractivity contribution in [3.63, 3.8) is 0 Å². The molecule has 0 bridgehead atoms. The number of hydrogen-bond acceptors (Lipinski definition) is 11. The van der Waals surface area contributed by atoms with Crippen LogP contribution in [-0.4, -0.2) is 123 Å². The number of piperazine rings is 1. The topological polar surface area (TPSA) is 112 Å². The Kier molecular flexibility index (Phi) is 9.08. The van der Waals surface area contributed by atoms with Gasteiger partial charge in [-0.05, 0) is 73.3 Å². The minimum Gasteiger partial charge on any atom is -0.396 e. The van der Waals surface area contributed by atoms with Crippen LogP contribution >= 0.6 is 0 Å². The smallest absolute Gasteiger partial charge is 0.229 e. The normalized spacial score (nSPS) is 36.6. The largest absolute Gasteiger partial charge is 0.396 e. The minimum atomic E-state index is -0.108. The molecule has 3 saturated carbocycles. The van der Waals surface area contributed by atoms with Crippen LogP contribution in [0.1, 0.15) is 46.0 Å². The summed E-state index contributed by atoms with van der Waals surface area (Å²) in [5.74, 6) is 4.45. The molecule has 11 nitrogen and oxygen atoms in total. The number of ether oxygens (including phenoxy) is 2. The maximum atomic E-state index is 14.3. The number of fused-ring (bicyclic) bond motifs is 5. The first-order valence-corrected chi connectivity index (χ1v) is 18.9. The fraction of sp³-hybridized carbons (Fsp3) is 0.737. The number of carbonyl (C=O) groups excluding carboxylic acids is 2. The summed E-state index contributed by atoms with van der Waals surface area (Å²) in [6.07, 6.45) is 10.9. The van der Waals surface area contributed by atoms with E-state index in [1.54, 1.807) is 6.08 Å². The molecule has 0 unspecified atom stereocenters. The Morgan fingerprint density at radius 1 is 0.898 bits per heavy atom. The van der Waals surface area contributed by atoms with E-state index >= 15 is 0 Å². The molecule has 1 aromatic heterocycles. The Balaban J connectivity index is 0.944. The van der Waals surface area contributed by atoms with Gasteiger partial charge in [-0.25, -0.2) is 0 Å². The Labute approximate surface area is 290 Å². The Bertz CT molecular complexity index is 1440. The third-order valence-corrected chi connectivity index (χ3v) is 13.7. The molecule has 49 heavy (non-hydrogen) atoms. The summed E-state index contributed by atoms with van der Waals surface area (Å²) in [6, 6.07) is 2.13. The molecule has 6 fully saturated rings. The summed E-state index contributed by atoms with van der Waals surface area (Å²) < 4.78 is 11.2. The summed E-state index contributed by atoms with van der Waals surface area (Å²) >= 11 is 0. The van der Waals surface area contributed by atoms with E-state index in [1.807, 2.05) is 6.08 Å². The van der Waals surface area contributed by atoms with Gasteiger partial charge in [-0.3, -0.25) is 14.5 Å². The van der Waals surface area contributed by atoms with Gasteiger partial charge in [-0.15, -0.1) is 0 Å². The number of carbonyl (C=O) groups is 2. The highest BCUT2D eigenvalue weighted by molar-refractivity contribution is 6.01. The molecule has 7 atom stereocenters. The highest BCUT2D eigenvalue weighted by Crippen LogP contribution is 2.67. The second-order valence-corrected chi connectivity index (χ2v) is 16.1. The highest BCUT2D eigenvalue weighted by Gasteiger charge is 2.62. The quantitative estimate of drug-likeness (QED) is 0.461. The molecule has 4 aliphatic carbocycles. The fourth-order valence-corrected chi connectivity index (χ4v) is 11.1. The molecular weight excluding hydrogens is 620 g/mol. The van der Waals surface area contributed by atoms with Gasteiger partial charge in [0.05, 0.1) is 33.0 Å². The standard InChI is InChI=1S/C38H54N6O5/c1-37-7-5-28(46)22-27(37)3-4-29-30(37)6-8-38(2)31(29)21-26(25-45)35(38)32(47)24-41-9-11-42(12-10-41)33-23-34(43-13-17-48-18-14-43)40-36(39-33)44-15-19-49-20-16-44/h5,7,22-23,26,29-31,35,45H,3-4,6,8-21,24-25H2,1-2H3/t26-,29+,30-,31-,35+,37-,38-/m0/s1. The van der Waals surface area contributed by atoms with Crippen LogP contribution < -0.4 is 14.7 Å². The average Bonchev–Trinajstić information content (AvgIpc) is 3.45. The minimum absolute atomic E-state index is 0.0222. The molecular formula is C38H54N6O5. The number of aliphatic hydroxyl groups excluding tert-OH is 1. The Morgan fingerprint density at radius 3 is 2.22 bits per heavy atom. The van der Waals surface area contributed by atoms with Gasteiger partial charge >= 0.3 is 0 Å². The third kappa shape index (κ3) is 6.02. The van der Waals surface area contributed by atoms with Crippen molar-refractivity contribution in [2.75, 3.05) is 107 Å². The number of aromatic nitrogens is 2. The van der Waals surface area contributed by atoms with Crippen LogP contribution in [0.5, 0.6) is 0 Å². The number of aliphatic hydroxyl groups is 1. The van der Waals surface area contributed by atoms with Gasteiger partial charge in [-0.1, -0.05) is 25.5 Å². The van der Waals surface area contributed by atoms with Gasteiger partial charge in [0.15, 0.2) is 11.6 Å². The zero-order valence-electron chi connectivity index (χ0n) is 29.4. The predicted molar refractivity (Wildman–Crippen MR) is 188 cm³/mol. The highest BCUT2D eigenvalue weighted by atomic mass is 16.5. The number of hydrogen-bond donors (Lipinski definition) is 1. The Hall–Kier alpha value is -2.86. The van der Waals surface area contributed by atoms with Crippen LogP contribution in [-0.2, 0) is 19.1 Å². The molecule has 1 N–H and O–H groups in total. The van der Waals surface area contributed by atoms with Gasteiger partial charge in [0.1, 0.15) is 11.6 Å². The summed E-state index contributed by atoms with van der Waals surface area (Å²) in [6.45, 7) is 14.4. The molecule has 8 rings (SSSR count). The molecule has 0 aromatic carbocycles. The molecule has 0 spiro atoms. The van der Waals surface area contributed by atoms with Crippen LogP contribution in [0.2, 0.25) is 0 Å². The molecule has 0 amide bonds. The van der Waals surface area contributed by atoms with Crippen molar-refractivity contribution >= 4 is 29.2 Å². The van der Waals surface area contributed by atoms with Crippen molar-refractivity contribution < 1.29 is 24.2 Å². The van der Waals surface area contributed by atoms with E-state index < -0.39 is 0 Å². The van der Waals surface area contributed by atoms with E-state index in [1.165, 1.54) is 5.57 Å². The fourth-order valence-electron chi connectivity index (χ4n) is 11.1. The van der Waals surface area contributed by atoms with E-state index in [-0.39, 0.29) is 35.1 Å². The number of rotatable bonds is 7. The number of morpholine rings is 2. The molecule has 266 valence electrons. The van der Waals surface area contributed by atoms with E-state index in [0.29, 0.717) is 56.5 Å². The summed E-state index contributed by atoms with van der Waals surface area (Å²) in [5, 5.41) is 10.6. The van der Waals surface area contributed by atoms with Crippen molar-refractivity contribution in [2.45, 2.75) is 46.0 Å². The molecule has 4 heterocycles. The van der Waals surface area contributed by atoms with Crippen molar-refractivity contribution in [1.29, 1.82) is 0 Å². The van der Waals surface area contributed by atoms with E-state index in [2.05, 4.69) is 45.6 Å². The van der Waals surface area contributed by atoms with E-state index in [4.69, 9.17) is 19.4 Å². The summed E-state index contributed by atoms with van der Waals surface area (Å²) in [7, 11) is 0. The maximum absolute atomic E-state index is 14.3. The number of ketones is 2. The van der Waals surface area contributed by atoms with Crippen molar-refractivity contribution in [2.24, 2.45) is 40.4 Å². The van der Waals surface area contributed by atoms with Gasteiger partial charge < -0.3 is 29.3 Å². The van der Waals surface area contributed by atoms with Gasteiger partial charge in [-0.2, -0.15) is 9.97 Å². The van der Waals surface area contributed by atoms with Crippen molar-refractivity contribution in [3.8, 4) is 0 Å². The zero-order valence-corrected chi connectivity index (χ0v) is 29.4. The van der Waals surface area contributed by atoms with Crippen LogP contribution in [0.4, 0.5) is 17.6 Å². The van der Waals surface area contributed by atoms with Gasteiger partial charge in [0.25, 0.3) is 0 Å². The first kappa shape index (κ1) is 33.3. The lowest BCUT2D eigenvalue weighted by molar-refractivity contribution is -0.132. The molecule has 1 aromatic rings. The lowest BCUT2D eigenvalue weighted by Gasteiger charge is -2.57. The van der Waals surface area contributed by atoms with Gasteiger partial charge in [0.2, 0.25) is 5.95 Å². The predicted octanol–water partition coefficient (Wildman–Crippen LogP) is 2.98. The van der Waals surface area contributed by atoms with Crippen molar-refractivity contribution in [1.82, 2.24) is 14.9 Å². The monoisotopic (exact) mass is 674 g/mol. The zero-order chi connectivity index (χ0) is 33.8. The third-order valence-electron chi connectivity index (χ3n) is 13.7. The SMILES string of the molecule is C[C@]12CC[C@H]3[C@@H](CCC4=CC(=O)C=C[C@@]43C)[C@@H]1C[C@@H](CO)[C@@H]2C(=O)CN1CCN(c2cc(N3CCOCC3)nc(N3CCOCC3)n2)CC1. The van der Waals surface area contributed by atoms with E-state index in [9.17, 15) is 14.7 Å². The number of allylic oxidation sites excluding steroid dienone is 4. The second kappa shape index (κ2) is 13.4. The van der Waals surface area contributed by atoms with Crippen LogP contribution in [0.25, 0.3) is 0 Å². The summed E-state index contributed by atoms with van der Waals surface area (Å²) in [5.41, 5.74) is 1.14. The molecule has 3 aliphatic heterocycles. The average molecular weight is 675 g/mol. The first-order chi connectivity index (χ1) is 23.8. The van der Waals surface area contributed by atoms with Crippen molar-refractivity contribution in [3.05, 3.63) is 29.9 Å². The second-order valence-electron chi connectivity index (χ2n) is 16.1. The number of Topliss-reactive ketones (excluding diaryl/α,β-unsaturated/α-hetero) is 1. The number of anilines is 3. The first-order valence-electron chi connectivity index (χ1n) is 18.9. The molecule has 11 heteroatoms. The lowest BCUT2D eigenvalue weighted by atomic mass is 9.47. The van der Waals surface area contributed by atoms with E-state index in [0.717, 1.165) is 102 Å². The van der Waals surface area contributed by atoms with Crippen LogP contribution in [0.3, 0.4) is 0 Å². The van der Waals surface area contributed by atoms with Gasteiger partial charge in [0, 0.05) is 76.4 Å². The lowest BCUT2D eigenvalue weighted by Crippen LogP contribution is -2.52. The molecule has 0 radical (unpaired) electrons.